The number of para-hydroxylation sites is 4. The highest BCUT2D eigenvalue weighted by atomic mass is 16.4. The van der Waals surface area contributed by atoms with Crippen molar-refractivity contribution in [3.63, 3.8) is 0 Å². The molecule has 3 aliphatic carbocycles. The molecule has 2 atom stereocenters. The zero-order chi connectivity index (χ0) is 24.2. The average Bonchev–Trinajstić information content (AvgIpc) is 3.40. The van der Waals surface area contributed by atoms with Gasteiger partial charge in [0.2, 0.25) is 0 Å². The summed E-state index contributed by atoms with van der Waals surface area (Å²) in [7, 11) is 0. The molecule has 36 heavy (non-hydrogen) atoms. The van der Waals surface area contributed by atoms with E-state index in [2.05, 4.69) is 24.3 Å². The third kappa shape index (κ3) is 3.24. The van der Waals surface area contributed by atoms with Crippen molar-refractivity contribution in [1.29, 1.82) is 0 Å². The van der Waals surface area contributed by atoms with Crippen molar-refractivity contribution in [2.24, 2.45) is 11.8 Å². The van der Waals surface area contributed by atoms with Crippen molar-refractivity contribution in [3.05, 3.63) is 105 Å². The first-order valence-corrected chi connectivity index (χ1v) is 12.8. The summed E-state index contributed by atoms with van der Waals surface area (Å²) in [6.45, 7) is 0. The molecule has 6 nitrogen and oxygen atoms in total. The van der Waals surface area contributed by atoms with Crippen molar-refractivity contribution in [2.45, 2.75) is 38.5 Å². The fraction of sp³-hybridized carbons (Fsp3) is 0.267. The Labute approximate surface area is 207 Å². The Bertz CT molecular complexity index is 1620. The van der Waals surface area contributed by atoms with Crippen LogP contribution in [0.4, 0.5) is 0 Å². The first-order chi connectivity index (χ1) is 17.7. The Balaban J connectivity index is 1.49. The molecule has 0 radical (unpaired) electrons. The predicted molar refractivity (Wildman–Crippen MR) is 140 cm³/mol. The molecule has 0 unspecified atom stereocenters. The van der Waals surface area contributed by atoms with Crippen LogP contribution in [-0.4, -0.2) is 9.13 Å². The summed E-state index contributed by atoms with van der Waals surface area (Å²) in [6.07, 6.45) is 14.9. The summed E-state index contributed by atoms with van der Waals surface area (Å²) in [6, 6.07) is 15.2. The topological polar surface area (TPSA) is 70.3 Å². The lowest BCUT2D eigenvalue weighted by atomic mass is 9.77. The van der Waals surface area contributed by atoms with Crippen LogP contribution < -0.4 is 11.5 Å². The highest BCUT2D eigenvalue weighted by molar-refractivity contribution is 5.85. The molecular weight excluding hydrogens is 452 g/mol. The molecule has 7 rings (SSSR count). The third-order valence-electron chi connectivity index (χ3n) is 7.73. The predicted octanol–water partition coefficient (Wildman–Crippen LogP) is 6.35. The molecule has 0 fully saturated rings. The fourth-order valence-electron chi connectivity index (χ4n) is 6.11. The van der Waals surface area contributed by atoms with Gasteiger partial charge in [-0.05, 0) is 73.9 Å². The number of rotatable bonds is 2. The maximum Gasteiger partial charge on any atom is 0.424 e. The van der Waals surface area contributed by atoms with Gasteiger partial charge in [-0.3, -0.25) is 0 Å². The average molecular weight is 479 g/mol. The van der Waals surface area contributed by atoms with E-state index in [0.29, 0.717) is 11.2 Å². The van der Waals surface area contributed by atoms with E-state index in [1.54, 1.807) is 9.13 Å². The number of hydrogen-bond donors (Lipinski definition) is 0. The van der Waals surface area contributed by atoms with Gasteiger partial charge in [0, 0.05) is 11.8 Å². The summed E-state index contributed by atoms with van der Waals surface area (Å²) in [4.78, 5) is 26.3. The van der Waals surface area contributed by atoms with Gasteiger partial charge in [-0.15, -0.1) is 0 Å². The maximum absolute atomic E-state index is 13.2. The van der Waals surface area contributed by atoms with Crippen LogP contribution in [0.25, 0.3) is 33.6 Å². The normalized spacial score (nSPS) is 25.0. The highest BCUT2D eigenvalue weighted by Crippen LogP contribution is 2.44. The summed E-state index contributed by atoms with van der Waals surface area (Å²) in [5.41, 5.74) is 6.80. The van der Waals surface area contributed by atoms with Crippen LogP contribution in [-0.2, 0) is 0 Å². The van der Waals surface area contributed by atoms with Gasteiger partial charge in [-0.1, -0.05) is 48.6 Å². The second kappa shape index (κ2) is 8.26. The van der Waals surface area contributed by atoms with E-state index in [0.717, 1.165) is 72.1 Å². The molecule has 0 saturated heterocycles. The number of aromatic nitrogens is 2. The highest BCUT2D eigenvalue weighted by Gasteiger charge is 2.32. The van der Waals surface area contributed by atoms with Gasteiger partial charge in [0.25, 0.3) is 0 Å². The van der Waals surface area contributed by atoms with E-state index in [-0.39, 0.29) is 23.3 Å². The Hall–Kier alpha value is -4.06. The minimum absolute atomic E-state index is 0.0601. The molecule has 0 aliphatic heterocycles. The monoisotopic (exact) mass is 478 g/mol. The lowest BCUT2D eigenvalue weighted by Gasteiger charge is -2.32. The fourth-order valence-corrected chi connectivity index (χ4v) is 6.11. The number of benzene rings is 2. The quantitative estimate of drug-likeness (QED) is 0.337. The van der Waals surface area contributed by atoms with Crippen molar-refractivity contribution >= 4 is 33.6 Å². The van der Waals surface area contributed by atoms with E-state index in [1.807, 2.05) is 48.5 Å². The molecule has 6 heteroatoms. The van der Waals surface area contributed by atoms with Gasteiger partial charge in [-0.25, -0.2) is 18.7 Å². The molecule has 2 aromatic heterocycles. The van der Waals surface area contributed by atoms with Crippen LogP contribution in [0.5, 0.6) is 0 Å². The molecule has 0 saturated carbocycles. The smallest absolute Gasteiger partial charge is 0.407 e. The van der Waals surface area contributed by atoms with Crippen molar-refractivity contribution in [2.75, 3.05) is 0 Å². The number of fused-ring (bicyclic) bond motifs is 4. The molecule has 0 spiro atoms. The minimum atomic E-state index is -0.365. The van der Waals surface area contributed by atoms with Gasteiger partial charge in [-0.2, -0.15) is 0 Å². The largest absolute Gasteiger partial charge is 0.424 e. The lowest BCUT2D eigenvalue weighted by Crippen LogP contribution is -2.25. The number of nitrogens with zero attached hydrogens (tertiary/aromatic N) is 2. The molecule has 2 heterocycles. The minimum Gasteiger partial charge on any atom is -0.407 e. The Morgan fingerprint density at radius 3 is 1.56 bits per heavy atom. The maximum atomic E-state index is 13.2. The molecule has 2 aromatic carbocycles. The lowest BCUT2D eigenvalue weighted by molar-refractivity contribution is 0.532. The van der Waals surface area contributed by atoms with Crippen LogP contribution in [0.1, 0.15) is 38.5 Å². The van der Waals surface area contributed by atoms with Gasteiger partial charge < -0.3 is 8.83 Å². The van der Waals surface area contributed by atoms with E-state index < -0.39 is 0 Å². The van der Waals surface area contributed by atoms with Crippen LogP contribution in [0.15, 0.2) is 102 Å². The molecular formula is C30H26N2O4. The first kappa shape index (κ1) is 21.2. The third-order valence-corrected chi connectivity index (χ3v) is 7.73. The van der Waals surface area contributed by atoms with Crippen LogP contribution in [0, 0.1) is 11.8 Å². The van der Waals surface area contributed by atoms with E-state index >= 15 is 0 Å². The summed E-state index contributed by atoms with van der Waals surface area (Å²) < 4.78 is 14.8. The molecule has 3 aliphatic rings. The molecule has 0 N–H and O–H groups in total. The number of hydrogen-bond acceptors (Lipinski definition) is 4. The Morgan fingerprint density at radius 1 is 0.639 bits per heavy atom. The second-order valence-electron chi connectivity index (χ2n) is 9.84. The summed E-state index contributed by atoms with van der Waals surface area (Å²) in [5.74, 6) is -0.610. The van der Waals surface area contributed by atoms with Gasteiger partial charge in [0.1, 0.15) is 0 Å². The Kier molecular flexibility index (Phi) is 4.87. The van der Waals surface area contributed by atoms with E-state index in [4.69, 9.17) is 8.83 Å². The number of oxazole rings is 2. The van der Waals surface area contributed by atoms with E-state index in [1.165, 1.54) is 0 Å². The molecule has 4 aromatic rings. The summed E-state index contributed by atoms with van der Waals surface area (Å²) in [5, 5.41) is 0. The SMILES string of the molecule is O=c1oc2ccccc2n1/C1=C/[C@@H]2CCCC=C2/C(n2c(=O)oc3ccccc32)=C\[C@@H]2CCCC=C12. The Morgan fingerprint density at radius 2 is 1.08 bits per heavy atom. The van der Waals surface area contributed by atoms with Gasteiger partial charge in [0.15, 0.2) is 11.2 Å². The van der Waals surface area contributed by atoms with Crippen molar-refractivity contribution < 1.29 is 8.83 Å². The zero-order valence-electron chi connectivity index (χ0n) is 19.9. The number of allylic oxidation sites excluding steroid dienone is 8. The molecule has 0 amide bonds. The second-order valence-corrected chi connectivity index (χ2v) is 9.84. The van der Waals surface area contributed by atoms with Gasteiger partial charge in [0.05, 0.1) is 22.4 Å². The molecule has 180 valence electrons. The van der Waals surface area contributed by atoms with Gasteiger partial charge >= 0.3 is 11.5 Å². The summed E-state index contributed by atoms with van der Waals surface area (Å²) >= 11 is 0. The standard InChI is InChI=1S/C30H26N2O4/c33-29-31(23-13-5-7-15-27(23)35-29)25-17-19-9-1-3-11-21(19)26(18-20-10-2-4-12-22(20)25)32-24-14-6-8-16-28(24)36-30(32)34/h5-8,11-20H,1-4,9-10H2/b25-17+,26-18+/t19-,20-/m0/s1. The van der Waals surface area contributed by atoms with Crippen LogP contribution in [0.2, 0.25) is 0 Å². The van der Waals surface area contributed by atoms with Crippen molar-refractivity contribution in [1.82, 2.24) is 9.13 Å². The van der Waals surface area contributed by atoms with Crippen LogP contribution >= 0.6 is 0 Å². The van der Waals surface area contributed by atoms with Crippen molar-refractivity contribution in [3.8, 4) is 0 Å². The molecule has 0 bridgehead atoms. The zero-order valence-corrected chi connectivity index (χ0v) is 19.9. The van der Waals surface area contributed by atoms with E-state index in [9.17, 15) is 9.59 Å². The first-order valence-electron chi connectivity index (χ1n) is 12.8. The van der Waals surface area contributed by atoms with Crippen LogP contribution in [0.3, 0.4) is 0 Å².